The topological polar surface area (TPSA) is 69.9 Å². The molecule has 0 N–H and O–H groups in total. The highest BCUT2D eigenvalue weighted by Crippen LogP contribution is 2.08. The molecule has 1 amide bonds. The molecule has 0 spiro atoms. The Morgan fingerprint density at radius 3 is 2.95 bits per heavy atom. The lowest BCUT2D eigenvalue weighted by atomic mass is 10.2. The van der Waals surface area contributed by atoms with Gasteiger partial charge in [-0.1, -0.05) is 6.07 Å². The average Bonchev–Trinajstić information content (AvgIpc) is 2.47. The minimum Gasteiger partial charge on any atom is -0.337 e. The molecule has 0 radical (unpaired) electrons. The highest BCUT2D eigenvalue weighted by atomic mass is 16.2. The second-order valence-corrected chi connectivity index (χ2v) is 4.06. The van der Waals surface area contributed by atoms with E-state index in [9.17, 15) is 4.79 Å². The molecule has 2 rings (SSSR count). The molecule has 0 unspecified atom stereocenters. The van der Waals surface area contributed by atoms with Crippen LogP contribution in [0.15, 0.2) is 42.9 Å². The summed E-state index contributed by atoms with van der Waals surface area (Å²) in [6.07, 6.45) is 4.87. The Morgan fingerprint density at radius 2 is 2.26 bits per heavy atom. The van der Waals surface area contributed by atoms with Gasteiger partial charge in [0, 0.05) is 37.7 Å². The van der Waals surface area contributed by atoms with Gasteiger partial charge in [0.1, 0.15) is 11.8 Å². The molecule has 5 nitrogen and oxygen atoms in total. The van der Waals surface area contributed by atoms with Gasteiger partial charge in [0.05, 0.1) is 0 Å². The van der Waals surface area contributed by atoms with Crippen LogP contribution in [0.5, 0.6) is 0 Å². The van der Waals surface area contributed by atoms with Gasteiger partial charge in [0.25, 0.3) is 5.91 Å². The summed E-state index contributed by atoms with van der Waals surface area (Å²) < 4.78 is 0. The van der Waals surface area contributed by atoms with Crippen molar-refractivity contribution in [2.75, 3.05) is 7.05 Å². The fourth-order valence-electron chi connectivity index (χ4n) is 1.68. The quantitative estimate of drug-likeness (QED) is 0.832. The van der Waals surface area contributed by atoms with Crippen LogP contribution in [0.2, 0.25) is 0 Å². The lowest BCUT2D eigenvalue weighted by Crippen LogP contribution is -2.26. The lowest BCUT2D eigenvalue weighted by Gasteiger charge is -2.17. The van der Waals surface area contributed by atoms with Crippen molar-refractivity contribution in [3.8, 4) is 6.07 Å². The molecule has 94 valence electrons. The molecule has 2 aromatic rings. The van der Waals surface area contributed by atoms with Gasteiger partial charge in [0.2, 0.25) is 0 Å². The summed E-state index contributed by atoms with van der Waals surface area (Å²) in [5, 5.41) is 8.77. The van der Waals surface area contributed by atoms with Gasteiger partial charge in [-0.3, -0.25) is 9.78 Å². The normalized spacial score (nSPS) is 9.68. The van der Waals surface area contributed by atoms with E-state index in [-0.39, 0.29) is 11.6 Å². The molecule has 0 aliphatic carbocycles. The molecule has 2 aromatic heterocycles. The Morgan fingerprint density at radius 1 is 1.42 bits per heavy atom. The van der Waals surface area contributed by atoms with Crippen molar-refractivity contribution in [2.24, 2.45) is 0 Å². The maximum atomic E-state index is 12.2. The zero-order valence-corrected chi connectivity index (χ0v) is 10.4. The third-order valence-corrected chi connectivity index (χ3v) is 2.61. The van der Waals surface area contributed by atoms with Crippen molar-refractivity contribution >= 4 is 5.91 Å². The first-order valence-electron chi connectivity index (χ1n) is 5.71. The van der Waals surface area contributed by atoms with Gasteiger partial charge in [-0.15, -0.1) is 0 Å². The van der Waals surface area contributed by atoms with Crippen molar-refractivity contribution in [3.63, 3.8) is 0 Å². The number of hydrogen-bond acceptors (Lipinski definition) is 4. The Balaban J connectivity index is 2.13. The minimum atomic E-state index is -0.150. The highest BCUT2D eigenvalue weighted by molar-refractivity contribution is 5.94. The van der Waals surface area contributed by atoms with Crippen molar-refractivity contribution < 1.29 is 4.79 Å². The predicted molar refractivity (Wildman–Crippen MR) is 69.0 cm³/mol. The van der Waals surface area contributed by atoms with Gasteiger partial charge in [-0.25, -0.2) is 4.98 Å². The third-order valence-electron chi connectivity index (χ3n) is 2.61. The number of amides is 1. The maximum Gasteiger partial charge on any atom is 0.254 e. The van der Waals surface area contributed by atoms with Gasteiger partial charge < -0.3 is 4.90 Å². The molecule has 0 aliphatic rings. The van der Waals surface area contributed by atoms with Crippen LogP contribution in [0.25, 0.3) is 0 Å². The number of aromatic nitrogens is 2. The predicted octanol–water partition coefficient (Wildman–Crippen LogP) is 1.62. The third kappa shape index (κ3) is 3.13. The van der Waals surface area contributed by atoms with E-state index in [1.165, 1.54) is 12.3 Å². The molecule has 0 bridgehead atoms. The summed E-state index contributed by atoms with van der Waals surface area (Å²) in [5.74, 6) is -0.150. The number of pyridine rings is 2. The monoisotopic (exact) mass is 252 g/mol. The second kappa shape index (κ2) is 5.74. The van der Waals surface area contributed by atoms with Gasteiger partial charge in [0.15, 0.2) is 0 Å². The molecular formula is C14H12N4O. The van der Waals surface area contributed by atoms with E-state index in [2.05, 4.69) is 9.97 Å². The Hall–Kier alpha value is -2.74. The van der Waals surface area contributed by atoms with Crippen LogP contribution < -0.4 is 0 Å². The van der Waals surface area contributed by atoms with Crippen LogP contribution in [0.1, 0.15) is 21.6 Å². The van der Waals surface area contributed by atoms with E-state index in [0.29, 0.717) is 12.1 Å². The van der Waals surface area contributed by atoms with E-state index < -0.39 is 0 Å². The molecule has 5 heteroatoms. The van der Waals surface area contributed by atoms with Crippen LogP contribution in [0, 0.1) is 11.3 Å². The maximum absolute atomic E-state index is 12.2. The number of carbonyl (C=O) groups excluding carboxylic acids is 1. The molecule has 0 aliphatic heterocycles. The van der Waals surface area contributed by atoms with Gasteiger partial charge >= 0.3 is 0 Å². The number of nitrogens with zero attached hydrogens (tertiary/aromatic N) is 4. The second-order valence-electron chi connectivity index (χ2n) is 4.06. The Bertz CT molecular complexity index is 619. The summed E-state index contributed by atoms with van der Waals surface area (Å²) in [6.45, 7) is 0.469. The molecular weight excluding hydrogens is 240 g/mol. The van der Waals surface area contributed by atoms with E-state index in [1.807, 2.05) is 18.2 Å². The first-order chi connectivity index (χ1) is 9.20. The summed E-state index contributed by atoms with van der Waals surface area (Å²) in [6, 6.07) is 8.74. The molecule has 2 heterocycles. The van der Waals surface area contributed by atoms with Gasteiger partial charge in [-0.2, -0.15) is 5.26 Å². The zero-order valence-electron chi connectivity index (χ0n) is 10.4. The fourth-order valence-corrected chi connectivity index (χ4v) is 1.68. The Labute approximate surface area is 111 Å². The lowest BCUT2D eigenvalue weighted by molar-refractivity contribution is 0.0785. The first-order valence-corrected chi connectivity index (χ1v) is 5.71. The highest BCUT2D eigenvalue weighted by Gasteiger charge is 2.12. The minimum absolute atomic E-state index is 0.150. The fraction of sp³-hybridized carbons (Fsp3) is 0.143. The van der Waals surface area contributed by atoms with Crippen molar-refractivity contribution in [3.05, 3.63) is 59.7 Å². The van der Waals surface area contributed by atoms with Crippen LogP contribution in [-0.4, -0.2) is 27.8 Å². The summed E-state index contributed by atoms with van der Waals surface area (Å²) in [7, 11) is 1.71. The molecule has 0 atom stereocenters. The van der Waals surface area contributed by atoms with Gasteiger partial charge in [-0.05, 0) is 23.8 Å². The zero-order chi connectivity index (χ0) is 13.7. The van der Waals surface area contributed by atoms with Crippen molar-refractivity contribution in [1.82, 2.24) is 14.9 Å². The smallest absolute Gasteiger partial charge is 0.254 e. The number of hydrogen-bond donors (Lipinski definition) is 0. The largest absolute Gasteiger partial charge is 0.337 e. The van der Waals surface area contributed by atoms with Crippen LogP contribution in [0.4, 0.5) is 0 Å². The molecule has 19 heavy (non-hydrogen) atoms. The van der Waals surface area contributed by atoms with Crippen molar-refractivity contribution in [1.29, 1.82) is 5.26 Å². The van der Waals surface area contributed by atoms with Crippen LogP contribution in [0.3, 0.4) is 0 Å². The van der Waals surface area contributed by atoms with Crippen LogP contribution >= 0.6 is 0 Å². The van der Waals surface area contributed by atoms with E-state index in [1.54, 1.807) is 30.4 Å². The first kappa shape index (κ1) is 12.7. The number of carbonyl (C=O) groups is 1. The Kier molecular flexibility index (Phi) is 3.84. The van der Waals surface area contributed by atoms with E-state index in [0.717, 1.165) is 5.56 Å². The molecule has 0 saturated heterocycles. The van der Waals surface area contributed by atoms with E-state index >= 15 is 0 Å². The van der Waals surface area contributed by atoms with Crippen LogP contribution in [-0.2, 0) is 6.54 Å². The van der Waals surface area contributed by atoms with E-state index in [4.69, 9.17) is 5.26 Å². The van der Waals surface area contributed by atoms with Crippen molar-refractivity contribution in [2.45, 2.75) is 6.54 Å². The number of nitriles is 1. The summed E-state index contributed by atoms with van der Waals surface area (Å²) in [5.41, 5.74) is 1.64. The molecule has 0 saturated carbocycles. The summed E-state index contributed by atoms with van der Waals surface area (Å²) >= 11 is 0. The summed E-state index contributed by atoms with van der Waals surface area (Å²) in [4.78, 5) is 21.6. The molecule has 0 aromatic carbocycles. The SMILES string of the molecule is CN(Cc1cccnc1)C(=O)c1ccnc(C#N)c1. The standard InChI is InChI=1S/C14H12N4O/c1-18(10-11-3-2-5-16-9-11)14(19)12-4-6-17-13(7-12)8-15/h2-7,9H,10H2,1H3. The average molecular weight is 252 g/mol. The number of rotatable bonds is 3. The molecule has 0 fully saturated rings.